The maximum Gasteiger partial charge on any atom is 0.255 e. The molecule has 0 aromatic heterocycles. The predicted octanol–water partition coefficient (Wildman–Crippen LogP) is 4.14. The van der Waals surface area contributed by atoms with Gasteiger partial charge in [-0.05, 0) is 48.9 Å². The Labute approximate surface area is 121 Å². The van der Waals surface area contributed by atoms with Crippen LogP contribution in [-0.2, 0) is 0 Å². The number of rotatable bonds is 2. The summed E-state index contributed by atoms with van der Waals surface area (Å²) in [5.74, 6) is -0.243. The standard InChI is InChI=1S/C14H12Cl2N2O/c1-8-4-9(6-10(15)5-8)14(19)18-11-2-3-12(16)13(17)7-11/h2-7H,17H2,1H3,(H,18,19). The van der Waals surface area contributed by atoms with Crippen molar-refractivity contribution in [3.8, 4) is 0 Å². The van der Waals surface area contributed by atoms with Crippen LogP contribution in [0.4, 0.5) is 11.4 Å². The lowest BCUT2D eigenvalue weighted by Gasteiger charge is -2.08. The predicted molar refractivity (Wildman–Crippen MR) is 80.0 cm³/mol. The van der Waals surface area contributed by atoms with E-state index in [9.17, 15) is 4.79 Å². The molecular formula is C14H12Cl2N2O. The number of amides is 1. The van der Waals surface area contributed by atoms with Crippen molar-refractivity contribution in [2.75, 3.05) is 11.1 Å². The molecule has 0 aliphatic heterocycles. The Kier molecular flexibility index (Phi) is 3.98. The molecule has 0 spiro atoms. The van der Waals surface area contributed by atoms with E-state index in [0.717, 1.165) is 5.56 Å². The van der Waals surface area contributed by atoms with Gasteiger partial charge in [-0.25, -0.2) is 0 Å². The number of benzene rings is 2. The average Bonchev–Trinajstić information content (AvgIpc) is 2.32. The molecule has 5 heteroatoms. The zero-order chi connectivity index (χ0) is 14.0. The van der Waals surface area contributed by atoms with Crippen LogP contribution in [0.25, 0.3) is 0 Å². The normalized spacial score (nSPS) is 10.3. The summed E-state index contributed by atoms with van der Waals surface area (Å²) in [4.78, 5) is 12.1. The minimum atomic E-state index is -0.243. The summed E-state index contributed by atoms with van der Waals surface area (Å²) in [6.07, 6.45) is 0. The number of halogens is 2. The summed E-state index contributed by atoms with van der Waals surface area (Å²) < 4.78 is 0. The highest BCUT2D eigenvalue weighted by atomic mass is 35.5. The highest BCUT2D eigenvalue weighted by molar-refractivity contribution is 6.33. The lowest BCUT2D eigenvalue weighted by Crippen LogP contribution is -2.12. The van der Waals surface area contributed by atoms with Gasteiger partial charge in [-0.2, -0.15) is 0 Å². The third-order valence-electron chi connectivity index (χ3n) is 2.56. The summed E-state index contributed by atoms with van der Waals surface area (Å²) in [7, 11) is 0. The van der Waals surface area contributed by atoms with Crippen molar-refractivity contribution in [3.63, 3.8) is 0 Å². The first-order chi connectivity index (χ1) is 8.95. The van der Waals surface area contributed by atoms with Crippen LogP contribution in [0.1, 0.15) is 15.9 Å². The molecule has 1 amide bonds. The van der Waals surface area contributed by atoms with Crippen molar-refractivity contribution < 1.29 is 4.79 Å². The van der Waals surface area contributed by atoms with Crippen LogP contribution in [-0.4, -0.2) is 5.91 Å². The first-order valence-corrected chi connectivity index (χ1v) is 6.35. The molecule has 0 aliphatic rings. The number of anilines is 2. The molecule has 2 aromatic carbocycles. The molecule has 0 atom stereocenters. The van der Waals surface area contributed by atoms with E-state index in [1.807, 2.05) is 6.92 Å². The molecule has 0 unspecified atom stereocenters. The molecule has 0 heterocycles. The van der Waals surface area contributed by atoms with Gasteiger partial charge in [0.2, 0.25) is 0 Å². The Morgan fingerprint density at radius 1 is 1.16 bits per heavy atom. The van der Waals surface area contributed by atoms with Crippen molar-refractivity contribution in [1.29, 1.82) is 0 Å². The number of hydrogen-bond donors (Lipinski definition) is 2. The highest BCUT2D eigenvalue weighted by Crippen LogP contribution is 2.23. The zero-order valence-corrected chi connectivity index (χ0v) is 11.7. The molecule has 0 saturated heterocycles. The minimum absolute atomic E-state index is 0.243. The SMILES string of the molecule is Cc1cc(Cl)cc(C(=O)Nc2ccc(Cl)c(N)c2)c1. The van der Waals surface area contributed by atoms with E-state index in [0.29, 0.717) is 27.0 Å². The summed E-state index contributed by atoms with van der Waals surface area (Å²) in [5.41, 5.74) is 8.11. The zero-order valence-electron chi connectivity index (χ0n) is 10.2. The van der Waals surface area contributed by atoms with Gasteiger partial charge in [0, 0.05) is 16.3 Å². The van der Waals surface area contributed by atoms with Crippen LogP contribution in [0, 0.1) is 6.92 Å². The van der Waals surface area contributed by atoms with Gasteiger partial charge in [-0.15, -0.1) is 0 Å². The third-order valence-corrected chi connectivity index (χ3v) is 3.12. The van der Waals surface area contributed by atoms with E-state index in [1.54, 1.807) is 36.4 Å². The van der Waals surface area contributed by atoms with Crippen LogP contribution in [0.2, 0.25) is 10.0 Å². The van der Waals surface area contributed by atoms with Crippen molar-refractivity contribution in [3.05, 3.63) is 57.6 Å². The van der Waals surface area contributed by atoms with Crippen molar-refractivity contribution >= 4 is 40.5 Å². The first-order valence-electron chi connectivity index (χ1n) is 5.59. The lowest BCUT2D eigenvalue weighted by molar-refractivity contribution is 0.102. The van der Waals surface area contributed by atoms with E-state index in [1.165, 1.54) is 0 Å². The Hall–Kier alpha value is -1.71. The van der Waals surface area contributed by atoms with Crippen LogP contribution < -0.4 is 11.1 Å². The molecular weight excluding hydrogens is 283 g/mol. The van der Waals surface area contributed by atoms with Gasteiger partial charge in [0.05, 0.1) is 10.7 Å². The maximum atomic E-state index is 12.1. The Morgan fingerprint density at radius 3 is 2.53 bits per heavy atom. The topological polar surface area (TPSA) is 55.1 Å². The maximum absolute atomic E-state index is 12.1. The molecule has 0 bridgehead atoms. The number of nitrogens with two attached hydrogens (primary N) is 1. The summed E-state index contributed by atoms with van der Waals surface area (Å²) in [6, 6.07) is 10.1. The second kappa shape index (κ2) is 5.51. The molecule has 0 saturated carbocycles. The number of nitrogens with one attached hydrogen (secondary N) is 1. The molecule has 2 aromatic rings. The molecule has 3 N–H and O–H groups in total. The molecule has 0 fully saturated rings. The van der Waals surface area contributed by atoms with Gasteiger partial charge in [0.25, 0.3) is 5.91 Å². The van der Waals surface area contributed by atoms with E-state index in [2.05, 4.69) is 5.32 Å². The van der Waals surface area contributed by atoms with E-state index < -0.39 is 0 Å². The smallest absolute Gasteiger partial charge is 0.255 e. The first kappa shape index (κ1) is 13.7. The number of nitrogen functional groups attached to an aromatic ring is 1. The minimum Gasteiger partial charge on any atom is -0.397 e. The van der Waals surface area contributed by atoms with Crippen molar-refractivity contribution in [2.24, 2.45) is 0 Å². The quantitative estimate of drug-likeness (QED) is 0.818. The van der Waals surface area contributed by atoms with Crippen molar-refractivity contribution in [1.82, 2.24) is 0 Å². The van der Waals surface area contributed by atoms with Gasteiger partial charge in [0.1, 0.15) is 0 Å². The highest BCUT2D eigenvalue weighted by Gasteiger charge is 2.08. The summed E-state index contributed by atoms with van der Waals surface area (Å²) in [5, 5.41) is 3.73. The van der Waals surface area contributed by atoms with E-state index in [4.69, 9.17) is 28.9 Å². The number of hydrogen-bond acceptors (Lipinski definition) is 2. The fraction of sp³-hybridized carbons (Fsp3) is 0.0714. The van der Waals surface area contributed by atoms with Crippen LogP contribution in [0.15, 0.2) is 36.4 Å². The van der Waals surface area contributed by atoms with Gasteiger partial charge in [-0.1, -0.05) is 23.2 Å². The van der Waals surface area contributed by atoms with Gasteiger partial charge in [-0.3, -0.25) is 4.79 Å². The summed E-state index contributed by atoms with van der Waals surface area (Å²) >= 11 is 11.7. The second-order valence-corrected chi connectivity index (χ2v) is 5.05. The van der Waals surface area contributed by atoms with Crippen LogP contribution in [0.5, 0.6) is 0 Å². The fourth-order valence-electron chi connectivity index (χ4n) is 1.69. The molecule has 0 radical (unpaired) electrons. The van der Waals surface area contributed by atoms with Crippen LogP contribution >= 0.6 is 23.2 Å². The van der Waals surface area contributed by atoms with Crippen molar-refractivity contribution in [2.45, 2.75) is 6.92 Å². The van der Waals surface area contributed by atoms with Gasteiger partial charge in [0.15, 0.2) is 0 Å². The molecule has 19 heavy (non-hydrogen) atoms. The second-order valence-electron chi connectivity index (χ2n) is 4.21. The van der Waals surface area contributed by atoms with E-state index in [-0.39, 0.29) is 5.91 Å². The number of aryl methyl sites for hydroxylation is 1. The van der Waals surface area contributed by atoms with E-state index >= 15 is 0 Å². The number of carbonyl (C=O) groups is 1. The number of carbonyl (C=O) groups excluding carboxylic acids is 1. The summed E-state index contributed by atoms with van der Waals surface area (Å²) in [6.45, 7) is 1.88. The van der Waals surface area contributed by atoms with Crippen LogP contribution in [0.3, 0.4) is 0 Å². The largest absolute Gasteiger partial charge is 0.397 e. The third kappa shape index (κ3) is 3.40. The lowest BCUT2D eigenvalue weighted by atomic mass is 10.1. The molecule has 98 valence electrons. The fourth-order valence-corrected chi connectivity index (χ4v) is 2.10. The Balaban J connectivity index is 2.22. The van der Waals surface area contributed by atoms with Gasteiger partial charge < -0.3 is 11.1 Å². The Bertz CT molecular complexity index is 621. The van der Waals surface area contributed by atoms with Gasteiger partial charge >= 0.3 is 0 Å². The monoisotopic (exact) mass is 294 g/mol. The molecule has 2 rings (SSSR count). The molecule has 3 nitrogen and oxygen atoms in total. The molecule has 0 aliphatic carbocycles. The Morgan fingerprint density at radius 2 is 1.89 bits per heavy atom. The average molecular weight is 295 g/mol.